The van der Waals surface area contributed by atoms with Gasteiger partial charge in [0, 0.05) is 26.2 Å². The molecule has 1 aromatic rings. The van der Waals surface area contributed by atoms with E-state index in [9.17, 15) is 0 Å². The zero-order valence-electron chi connectivity index (χ0n) is 12.1. The SMILES string of the molecule is CN=C(NC1CC1Cc1ccccc1)N1CCCC1.I. The van der Waals surface area contributed by atoms with Gasteiger partial charge in [0.2, 0.25) is 0 Å². The van der Waals surface area contributed by atoms with Crippen molar-refractivity contribution in [3.8, 4) is 0 Å². The van der Waals surface area contributed by atoms with E-state index in [0.29, 0.717) is 6.04 Å². The minimum absolute atomic E-state index is 0. The molecule has 1 saturated heterocycles. The van der Waals surface area contributed by atoms with Crippen LogP contribution in [0.1, 0.15) is 24.8 Å². The second kappa shape index (κ2) is 7.29. The Bertz CT molecular complexity index is 440. The zero-order valence-corrected chi connectivity index (χ0v) is 14.4. The first kappa shape index (κ1) is 15.6. The third kappa shape index (κ3) is 3.87. The zero-order chi connectivity index (χ0) is 13.1. The molecule has 0 aromatic heterocycles. The summed E-state index contributed by atoms with van der Waals surface area (Å²) in [7, 11) is 1.90. The summed E-state index contributed by atoms with van der Waals surface area (Å²) in [4.78, 5) is 6.81. The van der Waals surface area contributed by atoms with Crippen LogP contribution in [0.25, 0.3) is 0 Å². The van der Waals surface area contributed by atoms with Gasteiger partial charge in [-0.15, -0.1) is 24.0 Å². The lowest BCUT2D eigenvalue weighted by molar-refractivity contribution is 0.490. The molecule has 110 valence electrons. The molecule has 3 rings (SSSR count). The van der Waals surface area contributed by atoms with E-state index >= 15 is 0 Å². The van der Waals surface area contributed by atoms with Crippen LogP contribution in [0, 0.1) is 5.92 Å². The number of halogens is 1. The highest BCUT2D eigenvalue weighted by molar-refractivity contribution is 14.0. The van der Waals surface area contributed by atoms with Gasteiger partial charge < -0.3 is 10.2 Å². The lowest BCUT2D eigenvalue weighted by Crippen LogP contribution is -2.41. The molecule has 2 atom stereocenters. The van der Waals surface area contributed by atoms with Gasteiger partial charge in [0.1, 0.15) is 0 Å². The second-order valence-electron chi connectivity index (χ2n) is 5.68. The Kier molecular flexibility index (Phi) is 5.69. The molecule has 0 spiro atoms. The fraction of sp³-hybridized carbons (Fsp3) is 0.562. The molecule has 3 nitrogen and oxygen atoms in total. The van der Waals surface area contributed by atoms with Crippen molar-refractivity contribution in [3.63, 3.8) is 0 Å². The molecule has 0 bridgehead atoms. The minimum atomic E-state index is 0. The molecule has 4 heteroatoms. The highest BCUT2D eigenvalue weighted by Crippen LogP contribution is 2.34. The van der Waals surface area contributed by atoms with Crippen LogP contribution in [0.4, 0.5) is 0 Å². The number of rotatable bonds is 3. The molecule has 0 amide bonds. The van der Waals surface area contributed by atoms with E-state index in [1.807, 2.05) is 7.05 Å². The topological polar surface area (TPSA) is 27.6 Å². The molecule has 1 heterocycles. The number of hydrogen-bond donors (Lipinski definition) is 1. The van der Waals surface area contributed by atoms with Gasteiger partial charge in [-0.05, 0) is 37.2 Å². The molecule has 2 fully saturated rings. The maximum absolute atomic E-state index is 4.42. The van der Waals surface area contributed by atoms with E-state index in [4.69, 9.17) is 0 Å². The van der Waals surface area contributed by atoms with Gasteiger partial charge in [-0.25, -0.2) is 0 Å². The molecular formula is C16H24IN3. The van der Waals surface area contributed by atoms with Crippen molar-refractivity contribution in [2.24, 2.45) is 10.9 Å². The molecule has 1 aromatic carbocycles. The Morgan fingerprint density at radius 3 is 2.60 bits per heavy atom. The Labute approximate surface area is 138 Å². The third-order valence-corrected chi connectivity index (χ3v) is 4.20. The van der Waals surface area contributed by atoms with Gasteiger partial charge in [0.15, 0.2) is 5.96 Å². The second-order valence-corrected chi connectivity index (χ2v) is 5.68. The number of aliphatic imine (C=N–C) groups is 1. The van der Waals surface area contributed by atoms with Gasteiger partial charge in [0.25, 0.3) is 0 Å². The van der Waals surface area contributed by atoms with Gasteiger partial charge >= 0.3 is 0 Å². The fourth-order valence-electron chi connectivity index (χ4n) is 2.96. The van der Waals surface area contributed by atoms with Crippen LogP contribution < -0.4 is 5.32 Å². The molecule has 2 aliphatic rings. The lowest BCUT2D eigenvalue weighted by Gasteiger charge is -2.21. The van der Waals surface area contributed by atoms with Gasteiger partial charge in [-0.3, -0.25) is 4.99 Å². The summed E-state index contributed by atoms with van der Waals surface area (Å²) in [5.41, 5.74) is 1.45. The summed E-state index contributed by atoms with van der Waals surface area (Å²) < 4.78 is 0. The number of guanidine groups is 1. The molecule has 2 unspecified atom stereocenters. The maximum Gasteiger partial charge on any atom is 0.193 e. The normalized spacial score (nSPS) is 25.2. The van der Waals surface area contributed by atoms with Crippen molar-refractivity contribution < 1.29 is 0 Å². The Hall–Kier alpha value is -0.780. The molecule has 1 saturated carbocycles. The summed E-state index contributed by atoms with van der Waals surface area (Å²) in [6, 6.07) is 11.4. The summed E-state index contributed by atoms with van der Waals surface area (Å²) >= 11 is 0. The molecule has 1 N–H and O–H groups in total. The summed E-state index contributed by atoms with van der Waals surface area (Å²) in [6.45, 7) is 2.32. The first-order valence-corrected chi connectivity index (χ1v) is 7.39. The van der Waals surface area contributed by atoms with Gasteiger partial charge in [-0.2, -0.15) is 0 Å². The lowest BCUT2D eigenvalue weighted by atomic mass is 10.1. The Morgan fingerprint density at radius 1 is 1.25 bits per heavy atom. The number of nitrogens with zero attached hydrogens (tertiary/aromatic N) is 2. The molecule has 0 radical (unpaired) electrons. The van der Waals surface area contributed by atoms with E-state index in [2.05, 4.69) is 45.5 Å². The summed E-state index contributed by atoms with van der Waals surface area (Å²) in [5, 5.41) is 3.63. The Balaban J connectivity index is 0.00000147. The number of hydrogen-bond acceptors (Lipinski definition) is 1. The molecule has 1 aliphatic carbocycles. The first-order valence-electron chi connectivity index (χ1n) is 7.39. The van der Waals surface area contributed by atoms with Crippen molar-refractivity contribution in [3.05, 3.63) is 35.9 Å². The third-order valence-electron chi connectivity index (χ3n) is 4.20. The van der Waals surface area contributed by atoms with Crippen LogP contribution in [0.3, 0.4) is 0 Å². The summed E-state index contributed by atoms with van der Waals surface area (Å²) in [5.74, 6) is 1.89. The first-order chi connectivity index (χ1) is 9.36. The van der Waals surface area contributed by atoms with E-state index in [0.717, 1.165) is 25.0 Å². The average molecular weight is 385 g/mol. The van der Waals surface area contributed by atoms with Crippen molar-refractivity contribution in [1.29, 1.82) is 0 Å². The van der Waals surface area contributed by atoms with Crippen LogP contribution >= 0.6 is 24.0 Å². The van der Waals surface area contributed by atoms with E-state index in [1.165, 1.54) is 31.2 Å². The number of likely N-dealkylation sites (tertiary alicyclic amines) is 1. The predicted octanol–water partition coefficient (Wildman–Crippen LogP) is 2.91. The van der Waals surface area contributed by atoms with E-state index in [-0.39, 0.29) is 24.0 Å². The van der Waals surface area contributed by atoms with Gasteiger partial charge in [0.05, 0.1) is 0 Å². The van der Waals surface area contributed by atoms with Crippen molar-refractivity contribution in [2.45, 2.75) is 31.7 Å². The van der Waals surface area contributed by atoms with E-state index < -0.39 is 0 Å². The van der Waals surface area contributed by atoms with Crippen LogP contribution in [-0.2, 0) is 6.42 Å². The average Bonchev–Trinajstić information content (AvgIpc) is 2.94. The molecule has 1 aliphatic heterocycles. The predicted molar refractivity (Wildman–Crippen MR) is 94.8 cm³/mol. The minimum Gasteiger partial charge on any atom is -0.353 e. The number of benzene rings is 1. The van der Waals surface area contributed by atoms with E-state index in [1.54, 1.807) is 0 Å². The van der Waals surface area contributed by atoms with Gasteiger partial charge in [-0.1, -0.05) is 30.3 Å². The highest BCUT2D eigenvalue weighted by Gasteiger charge is 2.38. The Morgan fingerprint density at radius 2 is 1.95 bits per heavy atom. The fourth-order valence-corrected chi connectivity index (χ4v) is 2.96. The van der Waals surface area contributed by atoms with Crippen molar-refractivity contribution >= 4 is 29.9 Å². The molecular weight excluding hydrogens is 361 g/mol. The monoisotopic (exact) mass is 385 g/mol. The quantitative estimate of drug-likeness (QED) is 0.492. The van der Waals surface area contributed by atoms with Crippen molar-refractivity contribution in [1.82, 2.24) is 10.2 Å². The highest BCUT2D eigenvalue weighted by atomic mass is 127. The smallest absolute Gasteiger partial charge is 0.193 e. The number of nitrogens with one attached hydrogen (secondary N) is 1. The summed E-state index contributed by atoms with van der Waals surface area (Å²) in [6.07, 6.45) is 5.08. The van der Waals surface area contributed by atoms with Crippen LogP contribution in [0.15, 0.2) is 35.3 Å². The standard InChI is InChI=1S/C16H23N3.HI/c1-17-16(19-9-5-6-10-19)18-15-12-14(15)11-13-7-3-2-4-8-13;/h2-4,7-8,14-15H,5-6,9-12H2,1H3,(H,17,18);1H. The molecule has 20 heavy (non-hydrogen) atoms. The van der Waals surface area contributed by atoms with Crippen LogP contribution in [0.5, 0.6) is 0 Å². The van der Waals surface area contributed by atoms with Crippen LogP contribution in [0.2, 0.25) is 0 Å². The maximum atomic E-state index is 4.42. The largest absolute Gasteiger partial charge is 0.353 e. The van der Waals surface area contributed by atoms with Crippen molar-refractivity contribution in [2.75, 3.05) is 20.1 Å². The van der Waals surface area contributed by atoms with Crippen LogP contribution in [-0.4, -0.2) is 37.0 Å².